The molecule has 2 rings (SSSR count). The second-order valence-electron chi connectivity index (χ2n) is 5.04. The summed E-state index contributed by atoms with van der Waals surface area (Å²) in [4.78, 5) is 0. The van der Waals surface area contributed by atoms with E-state index in [0.29, 0.717) is 11.8 Å². The van der Waals surface area contributed by atoms with E-state index in [1.165, 1.54) is 12.8 Å². The Morgan fingerprint density at radius 1 is 1.21 bits per heavy atom. The zero-order valence-electron chi connectivity index (χ0n) is 9.05. The number of piperidine rings is 2. The maximum atomic E-state index is 10.3. The lowest BCUT2D eigenvalue weighted by molar-refractivity contribution is -0.0487. The summed E-state index contributed by atoms with van der Waals surface area (Å²) in [6.07, 6.45) is 3.68. The quantitative estimate of drug-likeness (QED) is 0.569. The van der Waals surface area contributed by atoms with Crippen molar-refractivity contribution in [3.8, 4) is 0 Å². The fourth-order valence-corrected chi connectivity index (χ4v) is 3.01. The molecule has 0 aromatic carbocycles. The first-order valence-electron chi connectivity index (χ1n) is 5.84. The van der Waals surface area contributed by atoms with Gasteiger partial charge in [-0.15, -0.1) is 0 Å². The number of aliphatic hydroxyl groups is 1. The van der Waals surface area contributed by atoms with E-state index in [-0.39, 0.29) is 0 Å². The average Bonchev–Trinajstić information content (AvgIpc) is 2.18. The van der Waals surface area contributed by atoms with Crippen LogP contribution in [0.3, 0.4) is 0 Å². The van der Waals surface area contributed by atoms with Crippen LogP contribution < -0.4 is 10.6 Å². The summed E-state index contributed by atoms with van der Waals surface area (Å²) in [6, 6.07) is 0. The monoisotopic (exact) mass is 198 g/mol. The van der Waals surface area contributed by atoms with E-state index in [1.54, 1.807) is 0 Å². The van der Waals surface area contributed by atoms with Crippen molar-refractivity contribution in [2.24, 2.45) is 11.8 Å². The lowest BCUT2D eigenvalue weighted by Crippen LogP contribution is -2.54. The van der Waals surface area contributed by atoms with Gasteiger partial charge in [0.05, 0.1) is 5.60 Å². The highest BCUT2D eigenvalue weighted by Crippen LogP contribution is 2.33. The molecule has 2 aliphatic heterocycles. The van der Waals surface area contributed by atoms with Crippen LogP contribution >= 0.6 is 0 Å². The van der Waals surface area contributed by atoms with Crippen LogP contribution in [0.2, 0.25) is 0 Å². The van der Waals surface area contributed by atoms with Crippen molar-refractivity contribution in [2.45, 2.75) is 31.8 Å². The third kappa shape index (κ3) is 2.10. The average molecular weight is 198 g/mol. The van der Waals surface area contributed by atoms with Crippen LogP contribution in [-0.4, -0.2) is 36.9 Å². The Bertz CT molecular complexity index is 188. The first-order chi connectivity index (χ1) is 6.70. The molecule has 3 heteroatoms. The lowest BCUT2D eigenvalue weighted by Gasteiger charge is -2.43. The van der Waals surface area contributed by atoms with Crippen LogP contribution in [-0.2, 0) is 0 Å². The molecule has 2 aliphatic rings. The predicted octanol–water partition coefficient (Wildman–Crippen LogP) is 0.346. The highest BCUT2D eigenvalue weighted by Gasteiger charge is 2.39. The molecule has 0 bridgehead atoms. The lowest BCUT2D eigenvalue weighted by atomic mass is 9.72. The minimum absolute atomic E-state index is 0.483. The second kappa shape index (κ2) is 4.17. The zero-order chi connectivity index (χ0) is 10.0. The van der Waals surface area contributed by atoms with E-state index in [2.05, 4.69) is 10.6 Å². The molecular weight excluding hydrogens is 176 g/mol. The number of hydrogen-bond acceptors (Lipinski definition) is 3. The normalized spacial score (nSPS) is 45.0. The molecule has 3 N–H and O–H groups in total. The molecule has 2 heterocycles. The Morgan fingerprint density at radius 3 is 2.71 bits per heavy atom. The molecule has 0 saturated carbocycles. The minimum Gasteiger partial charge on any atom is -0.389 e. The van der Waals surface area contributed by atoms with Gasteiger partial charge < -0.3 is 15.7 Å². The van der Waals surface area contributed by atoms with Crippen LogP contribution in [0.1, 0.15) is 26.2 Å². The van der Waals surface area contributed by atoms with E-state index in [4.69, 9.17) is 0 Å². The van der Waals surface area contributed by atoms with Crippen molar-refractivity contribution < 1.29 is 5.11 Å². The standard InChI is InChI=1S/C11H22N2O/c1-11(14)8-13-6-4-10(11)9-3-2-5-12-7-9/h9-10,12-14H,2-8H2,1H3. The molecule has 3 nitrogen and oxygen atoms in total. The van der Waals surface area contributed by atoms with E-state index >= 15 is 0 Å². The predicted molar refractivity (Wildman–Crippen MR) is 57.2 cm³/mol. The van der Waals surface area contributed by atoms with Crippen molar-refractivity contribution in [1.29, 1.82) is 0 Å². The third-order valence-electron chi connectivity index (χ3n) is 3.82. The Kier molecular flexibility index (Phi) is 3.10. The van der Waals surface area contributed by atoms with Crippen molar-refractivity contribution in [2.75, 3.05) is 26.2 Å². The number of nitrogens with one attached hydrogen (secondary N) is 2. The van der Waals surface area contributed by atoms with Gasteiger partial charge in [0.1, 0.15) is 0 Å². The maximum absolute atomic E-state index is 10.3. The summed E-state index contributed by atoms with van der Waals surface area (Å²) in [6.45, 7) is 6.06. The molecule has 2 fully saturated rings. The van der Waals surface area contributed by atoms with Gasteiger partial charge in [0.25, 0.3) is 0 Å². The second-order valence-corrected chi connectivity index (χ2v) is 5.04. The molecule has 3 unspecified atom stereocenters. The first kappa shape index (κ1) is 10.4. The molecule has 0 spiro atoms. The maximum Gasteiger partial charge on any atom is 0.0775 e. The molecule has 0 aromatic heterocycles. The molecule has 0 aliphatic carbocycles. The fourth-order valence-electron chi connectivity index (χ4n) is 3.01. The van der Waals surface area contributed by atoms with E-state index < -0.39 is 5.60 Å². The van der Waals surface area contributed by atoms with Gasteiger partial charge in [-0.05, 0) is 57.7 Å². The summed E-state index contributed by atoms with van der Waals surface area (Å²) >= 11 is 0. The molecule has 0 amide bonds. The molecule has 2 saturated heterocycles. The van der Waals surface area contributed by atoms with Gasteiger partial charge in [-0.25, -0.2) is 0 Å². The van der Waals surface area contributed by atoms with E-state index in [1.807, 2.05) is 6.92 Å². The summed E-state index contributed by atoms with van der Waals surface area (Å²) in [5.74, 6) is 1.16. The Hall–Kier alpha value is -0.120. The smallest absolute Gasteiger partial charge is 0.0775 e. The third-order valence-corrected chi connectivity index (χ3v) is 3.82. The van der Waals surface area contributed by atoms with Crippen molar-refractivity contribution in [1.82, 2.24) is 10.6 Å². The molecule has 0 radical (unpaired) electrons. The van der Waals surface area contributed by atoms with Crippen LogP contribution in [0.15, 0.2) is 0 Å². The molecular formula is C11H22N2O. The zero-order valence-corrected chi connectivity index (χ0v) is 9.05. The molecule has 0 aromatic rings. The molecule has 14 heavy (non-hydrogen) atoms. The van der Waals surface area contributed by atoms with E-state index in [0.717, 1.165) is 32.6 Å². The minimum atomic E-state index is -0.498. The summed E-state index contributed by atoms with van der Waals surface area (Å²) in [5.41, 5.74) is -0.498. The first-order valence-corrected chi connectivity index (χ1v) is 5.84. The summed E-state index contributed by atoms with van der Waals surface area (Å²) < 4.78 is 0. The van der Waals surface area contributed by atoms with Gasteiger partial charge in [-0.3, -0.25) is 0 Å². The van der Waals surface area contributed by atoms with Crippen LogP contribution in [0.4, 0.5) is 0 Å². The van der Waals surface area contributed by atoms with Crippen LogP contribution in [0, 0.1) is 11.8 Å². The Morgan fingerprint density at radius 2 is 2.07 bits per heavy atom. The van der Waals surface area contributed by atoms with Crippen molar-refractivity contribution in [3.05, 3.63) is 0 Å². The van der Waals surface area contributed by atoms with Crippen LogP contribution in [0.5, 0.6) is 0 Å². The number of rotatable bonds is 1. The van der Waals surface area contributed by atoms with E-state index in [9.17, 15) is 5.11 Å². The van der Waals surface area contributed by atoms with Crippen molar-refractivity contribution in [3.63, 3.8) is 0 Å². The number of β-amino-alcohol motifs (C(OH)–C–C–N with tert-alkyl or cyclic N) is 1. The fraction of sp³-hybridized carbons (Fsp3) is 1.00. The SMILES string of the molecule is CC1(O)CNCCC1C1CCCNC1. The van der Waals surface area contributed by atoms with Gasteiger partial charge in [-0.2, -0.15) is 0 Å². The number of hydrogen-bond donors (Lipinski definition) is 3. The highest BCUT2D eigenvalue weighted by molar-refractivity contribution is 4.93. The van der Waals surface area contributed by atoms with Crippen LogP contribution in [0.25, 0.3) is 0 Å². The van der Waals surface area contributed by atoms with Gasteiger partial charge in [0.2, 0.25) is 0 Å². The molecule has 82 valence electrons. The topological polar surface area (TPSA) is 44.3 Å². The Balaban J connectivity index is 1.99. The van der Waals surface area contributed by atoms with Gasteiger partial charge in [0, 0.05) is 6.54 Å². The molecule has 3 atom stereocenters. The van der Waals surface area contributed by atoms with Gasteiger partial charge in [-0.1, -0.05) is 0 Å². The van der Waals surface area contributed by atoms with Gasteiger partial charge >= 0.3 is 0 Å². The highest BCUT2D eigenvalue weighted by atomic mass is 16.3. The van der Waals surface area contributed by atoms with Gasteiger partial charge in [0.15, 0.2) is 0 Å². The Labute approximate surface area is 86.3 Å². The largest absolute Gasteiger partial charge is 0.389 e. The summed E-state index contributed by atoms with van der Waals surface area (Å²) in [7, 11) is 0. The van der Waals surface area contributed by atoms with Crippen molar-refractivity contribution >= 4 is 0 Å². The summed E-state index contributed by atoms with van der Waals surface area (Å²) in [5, 5.41) is 17.0.